The van der Waals surface area contributed by atoms with Gasteiger partial charge in [-0.3, -0.25) is 9.78 Å². The molecule has 2 aromatic carbocycles. The highest BCUT2D eigenvalue weighted by Gasteiger charge is 2.16. The molecule has 0 saturated heterocycles. The van der Waals surface area contributed by atoms with Gasteiger partial charge in [0.2, 0.25) is 0 Å². The van der Waals surface area contributed by atoms with Gasteiger partial charge in [0.25, 0.3) is 5.91 Å². The van der Waals surface area contributed by atoms with Crippen molar-refractivity contribution in [2.75, 3.05) is 6.54 Å². The number of hydrogen-bond acceptors (Lipinski definition) is 2. The van der Waals surface area contributed by atoms with Crippen LogP contribution in [0.3, 0.4) is 0 Å². The summed E-state index contributed by atoms with van der Waals surface area (Å²) in [5, 5.41) is 2.08. The molecule has 0 aliphatic rings. The molecule has 0 radical (unpaired) electrons. The van der Waals surface area contributed by atoms with Gasteiger partial charge in [-0.2, -0.15) is 0 Å². The Morgan fingerprint density at radius 1 is 1.00 bits per heavy atom. The third kappa shape index (κ3) is 2.98. The molecule has 0 fully saturated rings. The van der Waals surface area contributed by atoms with E-state index in [1.807, 2.05) is 72.5 Å². The number of carbonyl (C=O) groups excluding carboxylic acids is 1. The molecule has 0 atom stereocenters. The standard InChI is InChI=1S/C19H18N2O/c1-2-21(14-15-8-4-3-5-9-15)19(22)18-12-16-10-6-7-11-17(16)13-20-18/h3-13H,2,14H2,1H3. The average molecular weight is 290 g/mol. The fourth-order valence-electron chi connectivity index (χ4n) is 2.49. The first-order valence-corrected chi connectivity index (χ1v) is 7.46. The molecule has 22 heavy (non-hydrogen) atoms. The van der Waals surface area contributed by atoms with E-state index >= 15 is 0 Å². The molecule has 1 heterocycles. The van der Waals surface area contributed by atoms with Gasteiger partial charge < -0.3 is 4.90 Å². The van der Waals surface area contributed by atoms with Crippen molar-refractivity contribution >= 4 is 16.7 Å². The molecule has 0 N–H and O–H groups in total. The quantitative estimate of drug-likeness (QED) is 0.730. The van der Waals surface area contributed by atoms with Crippen LogP contribution in [0.5, 0.6) is 0 Å². The van der Waals surface area contributed by atoms with E-state index in [0.717, 1.165) is 16.3 Å². The average Bonchev–Trinajstić information content (AvgIpc) is 2.59. The number of nitrogens with zero attached hydrogens (tertiary/aromatic N) is 2. The van der Waals surface area contributed by atoms with Crippen molar-refractivity contribution in [3.8, 4) is 0 Å². The van der Waals surface area contributed by atoms with Gasteiger partial charge in [-0.15, -0.1) is 0 Å². The molecular weight excluding hydrogens is 272 g/mol. The lowest BCUT2D eigenvalue weighted by Crippen LogP contribution is -2.30. The number of benzene rings is 2. The normalized spacial score (nSPS) is 10.6. The largest absolute Gasteiger partial charge is 0.333 e. The van der Waals surface area contributed by atoms with Gasteiger partial charge in [0.1, 0.15) is 5.69 Å². The van der Waals surface area contributed by atoms with E-state index in [4.69, 9.17) is 0 Å². The van der Waals surface area contributed by atoms with E-state index in [1.54, 1.807) is 6.20 Å². The first kappa shape index (κ1) is 14.3. The Hall–Kier alpha value is -2.68. The lowest BCUT2D eigenvalue weighted by molar-refractivity contribution is 0.0747. The summed E-state index contributed by atoms with van der Waals surface area (Å²) in [5.74, 6) is -0.0305. The number of pyridine rings is 1. The summed E-state index contributed by atoms with van der Waals surface area (Å²) in [4.78, 5) is 18.8. The molecular formula is C19H18N2O. The molecule has 110 valence electrons. The predicted octanol–water partition coefficient (Wildman–Crippen LogP) is 3.90. The van der Waals surface area contributed by atoms with Gasteiger partial charge in [-0.05, 0) is 23.9 Å². The highest BCUT2D eigenvalue weighted by molar-refractivity contribution is 5.96. The van der Waals surface area contributed by atoms with Crippen molar-refractivity contribution in [2.45, 2.75) is 13.5 Å². The Bertz CT molecular complexity index is 784. The maximum Gasteiger partial charge on any atom is 0.272 e. The molecule has 0 bridgehead atoms. The van der Waals surface area contributed by atoms with Crippen molar-refractivity contribution in [3.63, 3.8) is 0 Å². The second-order valence-electron chi connectivity index (χ2n) is 5.22. The summed E-state index contributed by atoms with van der Waals surface area (Å²) in [5.41, 5.74) is 1.62. The third-order valence-electron chi connectivity index (χ3n) is 3.74. The lowest BCUT2D eigenvalue weighted by atomic mass is 10.1. The molecule has 0 unspecified atom stereocenters. The summed E-state index contributed by atoms with van der Waals surface area (Å²) in [6, 6.07) is 19.8. The van der Waals surface area contributed by atoms with Crippen molar-refractivity contribution < 1.29 is 4.79 Å². The van der Waals surface area contributed by atoms with Crippen LogP contribution in [0.15, 0.2) is 66.9 Å². The van der Waals surface area contributed by atoms with Crippen molar-refractivity contribution in [3.05, 3.63) is 78.1 Å². The van der Waals surface area contributed by atoms with Gasteiger partial charge in [0, 0.05) is 24.7 Å². The maximum absolute atomic E-state index is 12.7. The summed E-state index contributed by atoms with van der Waals surface area (Å²) < 4.78 is 0. The van der Waals surface area contributed by atoms with Crippen molar-refractivity contribution in [2.24, 2.45) is 0 Å². The Kier molecular flexibility index (Phi) is 4.15. The van der Waals surface area contributed by atoms with E-state index in [1.165, 1.54) is 0 Å². The van der Waals surface area contributed by atoms with Crippen molar-refractivity contribution in [1.29, 1.82) is 0 Å². The van der Waals surface area contributed by atoms with Crippen LogP contribution in [0.4, 0.5) is 0 Å². The number of carbonyl (C=O) groups is 1. The zero-order chi connectivity index (χ0) is 15.4. The number of fused-ring (bicyclic) bond motifs is 1. The molecule has 0 spiro atoms. The summed E-state index contributed by atoms with van der Waals surface area (Å²) in [7, 11) is 0. The minimum absolute atomic E-state index is 0.0305. The van der Waals surface area contributed by atoms with Crippen molar-refractivity contribution in [1.82, 2.24) is 9.88 Å². The number of amides is 1. The van der Waals surface area contributed by atoms with Crippen LogP contribution in [-0.4, -0.2) is 22.3 Å². The van der Waals surface area contributed by atoms with E-state index in [0.29, 0.717) is 18.8 Å². The fourth-order valence-corrected chi connectivity index (χ4v) is 2.49. The van der Waals surface area contributed by atoms with Crippen LogP contribution in [-0.2, 0) is 6.54 Å². The molecule has 3 rings (SSSR count). The van der Waals surface area contributed by atoms with E-state index in [2.05, 4.69) is 4.98 Å². The maximum atomic E-state index is 12.7. The molecule has 0 saturated carbocycles. The van der Waals surface area contributed by atoms with Crippen LogP contribution in [0.25, 0.3) is 10.8 Å². The summed E-state index contributed by atoms with van der Waals surface area (Å²) >= 11 is 0. The summed E-state index contributed by atoms with van der Waals surface area (Å²) in [6.45, 7) is 3.24. The Morgan fingerprint density at radius 3 is 2.41 bits per heavy atom. The molecule has 1 aromatic heterocycles. The first-order chi connectivity index (χ1) is 10.8. The molecule has 1 amide bonds. The van der Waals surface area contributed by atoms with Crippen LogP contribution in [0.2, 0.25) is 0 Å². The summed E-state index contributed by atoms with van der Waals surface area (Å²) in [6.07, 6.45) is 1.76. The third-order valence-corrected chi connectivity index (χ3v) is 3.74. The number of aromatic nitrogens is 1. The zero-order valence-corrected chi connectivity index (χ0v) is 12.6. The van der Waals surface area contributed by atoms with Gasteiger partial charge in [0.05, 0.1) is 0 Å². The van der Waals surface area contributed by atoms with Crippen LogP contribution >= 0.6 is 0 Å². The van der Waals surface area contributed by atoms with Crippen LogP contribution in [0.1, 0.15) is 23.0 Å². The van der Waals surface area contributed by atoms with Gasteiger partial charge in [0.15, 0.2) is 0 Å². The van der Waals surface area contributed by atoms with Gasteiger partial charge in [-0.1, -0.05) is 54.6 Å². The van der Waals surface area contributed by atoms with E-state index in [9.17, 15) is 4.79 Å². The van der Waals surface area contributed by atoms with Gasteiger partial charge in [-0.25, -0.2) is 0 Å². The molecule has 0 aliphatic carbocycles. The number of rotatable bonds is 4. The highest BCUT2D eigenvalue weighted by Crippen LogP contribution is 2.15. The zero-order valence-electron chi connectivity index (χ0n) is 12.6. The Labute approximate surface area is 130 Å². The Morgan fingerprint density at radius 2 is 1.68 bits per heavy atom. The predicted molar refractivity (Wildman–Crippen MR) is 88.6 cm³/mol. The van der Waals surface area contributed by atoms with E-state index in [-0.39, 0.29) is 5.91 Å². The number of hydrogen-bond donors (Lipinski definition) is 0. The molecule has 3 aromatic rings. The first-order valence-electron chi connectivity index (χ1n) is 7.46. The lowest BCUT2D eigenvalue weighted by Gasteiger charge is -2.20. The fraction of sp³-hybridized carbons (Fsp3) is 0.158. The monoisotopic (exact) mass is 290 g/mol. The minimum Gasteiger partial charge on any atom is -0.333 e. The second kappa shape index (κ2) is 6.39. The molecule has 3 heteroatoms. The molecule has 3 nitrogen and oxygen atoms in total. The van der Waals surface area contributed by atoms with Gasteiger partial charge >= 0.3 is 0 Å². The topological polar surface area (TPSA) is 33.2 Å². The Balaban J connectivity index is 1.86. The van der Waals surface area contributed by atoms with E-state index < -0.39 is 0 Å². The smallest absolute Gasteiger partial charge is 0.272 e. The second-order valence-corrected chi connectivity index (χ2v) is 5.22. The van der Waals surface area contributed by atoms with Crippen LogP contribution in [0, 0.1) is 0 Å². The highest BCUT2D eigenvalue weighted by atomic mass is 16.2. The molecule has 0 aliphatic heterocycles. The minimum atomic E-state index is -0.0305. The SMILES string of the molecule is CCN(Cc1ccccc1)C(=O)c1cc2ccccc2cn1. The van der Waals surface area contributed by atoms with Crippen LogP contribution < -0.4 is 0 Å².